The fourth-order valence-electron chi connectivity index (χ4n) is 2.78. The second-order valence-corrected chi connectivity index (χ2v) is 6.31. The lowest BCUT2D eigenvalue weighted by atomic mass is 10.1. The molecule has 0 amide bonds. The van der Waals surface area contributed by atoms with Crippen LogP contribution < -0.4 is 5.32 Å². The largest absolute Gasteiger partial charge is 0.388 e. The number of hydrogen-bond acceptors (Lipinski definition) is 5. The van der Waals surface area contributed by atoms with E-state index in [-0.39, 0.29) is 0 Å². The molecule has 1 N–H and O–H groups in total. The van der Waals surface area contributed by atoms with Crippen molar-refractivity contribution in [2.24, 2.45) is 4.99 Å². The summed E-state index contributed by atoms with van der Waals surface area (Å²) in [5, 5.41) is 4.79. The van der Waals surface area contributed by atoms with Crippen molar-refractivity contribution in [2.75, 3.05) is 6.54 Å². The average molecular weight is 350 g/mol. The van der Waals surface area contributed by atoms with Crippen molar-refractivity contribution in [3.63, 3.8) is 0 Å². The van der Waals surface area contributed by atoms with E-state index < -0.39 is 0 Å². The summed E-state index contributed by atoms with van der Waals surface area (Å²) in [4.78, 5) is 18.2. The lowest BCUT2D eigenvalue weighted by Gasteiger charge is -2.14. The van der Waals surface area contributed by atoms with Crippen molar-refractivity contribution in [1.29, 1.82) is 0 Å². The van der Waals surface area contributed by atoms with Crippen LogP contribution in [0.4, 0.5) is 5.82 Å². The molecule has 0 fully saturated rings. The van der Waals surface area contributed by atoms with Gasteiger partial charge in [-0.15, -0.1) is 0 Å². The van der Waals surface area contributed by atoms with E-state index in [1.54, 1.807) is 12.4 Å². The van der Waals surface area contributed by atoms with Crippen molar-refractivity contribution in [3.05, 3.63) is 59.5 Å². The van der Waals surface area contributed by atoms with E-state index in [2.05, 4.69) is 15.3 Å². The second kappa shape index (κ2) is 6.61. The first-order chi connectivity index (χ1) is 12.2. The number of aromatic nitrogens is 3. The molecular weight excluding hydrogens is 334 g/mol. The summed E-state index contributed by atoms with van der Waals surface area (Å²) in [6.45, 7) is 2.91. The molecule has 6 heteroatoms. The smallest absolute Gasteiger partial charge is 0.164 e. The third-order valence-corrected chi connectivity index (χ3v) is 4.23. The number of allylic oxidation sites excluding steroid dienone is 2. The van der Waals surface area contributed by atoms with Gasteiger partial charge in [0.2, 0.25) is 0 Å². The molecule has 5 nitrogen and oxygen atoms in total. The Bertz CT molecular complexity index is 995. The molecular formula is C19H16ClN5. The highest BCUT2D eigenvalue weighted by Gasteiger charge is 2.12. The minimum Gasteiger partial charge on any atom is -0.388 e. The van der Waals surface area contributed by atoms with Crippen LogP contribution in [0.1, 0.15) is 13.3 Å². The normalized spacial score (nSPS) is 15.9. The van der Waals surface area contributed by atoms with Gasteiger partial charge in [0.05, 0.1) is 5.52 Å². The minimum absolute atomic E-state index is 0.631. The molecule has 3 heterocycles. The number of benzene rings is 1. The van der Waals surface area contributed by atoms with Gasteiger partial charge < -0.3 is 5.32 Å². The molecule has 25 heavy (non-hydrogen) atoms. The Kier molecular flexibility index (Phi) is 4.15. The van der Waals surface area contributed by atoms with Gasteiger partial charge in [-0.05, 0) is 43.3 Å². The van der Waals surface area contributed by atoms with Crippen LogP contribution in [0.25, 0.3) is 22.3 Å². The van der Waals surface area contributed by atoms with Crippen LogP contribution in [-0.2, 0) is 0 Å². The van der Waals surface area contributed by atoms with Crippen LogP contribution in [0.3, 0.4) is 0 Å². The summed E-state index contributed by atoms with van der Waals surface area (Å²) < 4.78 is 0. The van der Waals surface area contributed by atoms with E-state index in [9.17, 15) is 0 Å². The standard InChI is InChI=1S/C19H16ClN5/c1-12-10-15(6-9-22-12)23-19-16-11-14(20)2-3-17(16)24-18(25-19)13-4-7-21-8-5-13/h2-5,7-8,10-11,22H,6,9H2,1H3. The second-order valence-electron chi connectivity index (χ2n) is 5.88. The molecule has 0 saturated carbocycles. The van der Waals surface area contributed by atoms with E-state index >= 15 is 0 Å². The molecule has 0 unspecified atom stereocenters. The average Bonchev–Trinajstić information content (AvgIpc) is 2.63. The molecule has 0 bridgehead atoms. The summed E-state index contributed by atoms with van der Waals surface area (Å²) >= 11 is 6.18. The molecule has 2 aromatic heterocycles. The van der Waals surface area contributed by atoms with Gasteiger partial charge in [-0.2, -0.15) is 0 Å². The predicted octanol–water partition coefficient (Wildman–Crippen LogP) is 4.31. The van der Waals surface area contributed by atoms with Gasteiger partial charge in [0.15, 0.2) is 11.6 Å². The van der Waals surface area contributed by atoms with Crippen LogP contribution in [0.15, 0.2) is 59.5 Å². The van der Waals surface area contributed by atoms with Gasteiger partial charge in [-0.25, -0.2) is 15.0 Å². The predicted molar refractivity (Wildman–Crippen MR) is 101 cm³/mol. The summed E-state index contributed by atoms with van der Waals surface area (Å²) in [5.74, 6) is 1.27. The van der Waals surface area contributed by atoms with Crippen molar-refractivity contribution < 1.29 is 0 Å². The van der Waals surface area contributed by atoms with Crippen LogP contribution in [-0.4, -0.2) is 27.2 Å². The highest BCUT2D eigenvalue weighted by molar-refractivity contribution is 6.31. The molecule has 0 radical (unpaired) electrons. The van der Waals surface area contributed by atoms with Crippen LogP contribution in [0.2, 0.25) is 5.02 Å². The molecule has 0 spiro atoms. The highest BCUT2D eigenvalue weighted by Crippen LogP contribution is 2.29. The maximum Gasteiger partial charge on any atom is 0.164 e. The third kappa shape index (κ3) is 3.37. The summed E-state index contributed by atoms with van der Waals surface area (Å²) in [5.41, 5.74) is 3.83. The third-order valence-electron chi connectivity index (χ3n) is 3.99. The SMILES string of the molecule is CC1=CC(=Nc2nc(-c3ccncc3)nc3ccc(Cl)cc23)CCN1. The van der Waals surface area contributed by atoms with Gasteiger partial charge >= 0.3 is 0 Å². The topological polar surface area (TPSA) is 63.1 Å². The van der Waals surface area contributed by atoms with Gasteiger partial charge in [0.1, 0.15) is 0 Å². The first-order valence-electron chi connectivity index (χ1n) is 8.06. The maximum atomic E-state index is 6.18. The summed E-state index contributed by atoms with van der Waals surface area (Å²) in [6, 6.07) is 9.38. The lowest BCUT2D eigenvalue weighted by Crippen LogP contribution is -2.21. The zero-order valence-corrected chi connectivity index (χ0v) is 14.5. The first kappa shape index (κ1) is 15.7. The quantitative estimate of drug-likeness (QED) is 0.748. The Morgan fingerprint density at radius 2 is 1.96 bits per heavy atom. The van der Waals surface area contributed by atoms with E-state index in [1.807, 2.05) is 43.3 Å². The summed E-state index contributed by atoms with van der Waals surface area (Å²) in [7, 11) is 0. The lowest BCUT2D eigenvalue weighted by molar-refractivity contribution is 0.801. The Morgan fingerprint density at radius 3 is 2.76 bits per heavy atom. The van der Waals surface area contributed by atoms with E-state index in [0.717, 1.165) is 40.8 Å². The fourth-order valence-corrected chi connectivity index (χ4v) is 2.96. The van der Waals surface area contributed by atoms with Gasteiger partial charge in [-0.1, -0.05) is 11.6 Å². The molecule has 4 rings (SSSR count). The Morgan fingerprint density at radius 1 is 1.12 bits per heavy atom. The van der Waals surface area contributed by atoms with E-state index in [4.69, 9.17) is 21.6 Å². The Hall–Kier alpha value is -2.79. The molecule has 0 saturated heterocycles. The molecule has 0 aliphatic carbocycles. The molecule has 1 aliphatic rings. The highest BCUT2D eigenvalue weighted by atomic mass is 35.5. The summed E-state index contributed by atoms with van der Waals surface area (Å²) in [6.07, 6.45) is 6.37. The van der Waals surface area contributed by atoms with Crippen LogP contribution in [0, 0.1) is 0 Å². The number of hydrogen-bond donors (Lipinski definition) is 1. The number of nitrogens with zero attached hydrogens (tertiary/aromatic N) is 4. The number of rotatable bonds is 2. The zero-order valence-electron chi connectivity index (χ0n) is 13.7. The van der Waals surface area contributed by atoms with Crippen molar-refractivity contribution in [2.45, 2.75) is 13.3 Å². The van der Waals surface area contributed by atoms with E-state index in [0.29, 0.717) is 16.7 Å². The Labute approximate surface area is 150 Å². The number of nitrogens with one attached hydrogen (secondary N) is 1. The van der Waals surface area contributed by atoms with Crippen LogP contribution >= 0.6 is 11.6 Å². The van der Waals surface area contributed by atoms with Gasteiger partial charge in [0, 0.05) is 52.7 Å². The number of aliphatic imine (C=N–C) groups is 1. The van der Waals surface area contributed by atoms with Gasteiger partial charge in [0.25, 0.3) is 0 Å². The van der Waals surface area contributed by atoms with Crippen molar-refractivity contribution >= 4 is 34.0 Å². The monoisotopic (exact) mass is 349 g/mol. The molecule has 124 valence electrons. The number of halogens is 1. The fraction of sp³-hybridized carbons (Fsp3) is 0.158. The number of pyridine rings is 1. The molecule has 0 atom stereocenters. The minimum atomic E-state index is 0.631. The molecule has 3 aromatic rings. The Balaban J connectivity index is 1.93. The molecule has 1 aromatic carbocycles. The van der Waals surface area contributed by atoms with E-state index in [1.165, 1.54) is 0 Å². The van der Waals surface area contributed by atoms with Gasteiger partial charge in [-0.3, -0.25) is 4.98 Å². The molecule has 1 aliphatic heterocycles. The first-order valence-corrected chi connectivity index (χ1v) is 8.44. The van der Waals surface area contributed by atoms with Crippen LogP contribution in [0.5, 0.6) is 0 Å². The zero-order chi connectivity index (χ0) is 17.2. The number of fused-ring (bicyclic) bond motifs is 1. The maximum absolute atomic E-state index is 6.18. The van der Waals surface area contributed by atoms with Crippen molar-refractivity contribution in [3.8, 4) is 11.4 Å². The van der Waals surface area contributed by atoms with Crippen molar-refractivity contribution in [1.82, 2.24) is 20.3 Å².